The number of imide groups is 1. The molecular formula is C26H26N2O3S. The summed E-state index contributed by atoms with van der Waals surface area (Å²) in [5, 5.41) is -0.233. The van der Waals surface area contributed by atoms with Gasteiger partial charge in [-0.25, -0.2) is 0 Å². The third-order valence-corrected chi connectivity index (χ3v) is 6.37. The van der Waals surface area contributed by atoms with Crippen molar-refractivity contribution >= 4 is 29.0 Å². The predicted molar refractivity (Wildman–Crippen MR) is 129 cm³/mol. The number of carbonyl (C=O) groups excluding carboxylic acids is 2. The van der Waals surface area contributed by atoms with Crippen molar-refractivity contribution in [3.05, 3.63) is 87.6 Å². The van der Waals surface area contributed by atoms with Gasteiger partial charge in [0.1, 0.15) is 5.75 Å². The second-order valence-corrected chi connectivity index (χ2v) is 8.84. The van der Waals surface area contributed by atoms with Crippen molar-refractivity contribution in [3.63, 3.8) is 0 Å². The lowest BCUT2D eigenvalue weighted by atomic mass is 10.1. The van der Waals surface area contributed by atoms with Gasteiger partial charge >= 0.3 is 0 Å². The zero-order valence-electron chi connectivity index (χ0n) is 18.7. The van der Waals surface area contributed by atoms with Crippen molar-refractivity contribution in [2.75, 3.05) is 6.61 Å². The summed E-state index contributed by atoms with van der Waals surface area (Å²) in [6.07, 6.45) is 1.83. The summed E-state index contributed by atoms with van der Waals surface area (Å²) in [6, 6.07) is 17.9. The van der Waals surface area contributed by atoms with Gasteiger partial charge in [-0.3, -0.25) is 14.5 Å². The van der Waals surface area contributed by atoms with Crippen LogP contribution in [0.3, 0.4) is 0 Å². The number of thioether (sulfide) groups is 1. The summed E-state index contributed by atoms with van der Waals surface area (Å²) < 4.78 is 7.67. The Morgan fingerprint density at radius 3 is 2.44 bits per heavy atom. The predicted octanol–water partition coefficient (Wildman–Crippen LogP) is 6.04. The normalized spacial score (nSPS) is 15.1. The summed E-state index contributed by atoms with van der Waals surface area (Å²) >= 11 is 1.000. The van der Waals surface area contributed by atoms with Gasteiger partial charge < -0.3 is 9.30 Å². The number of hydrogen-bond acceptors (Lipinski definition) is 4. The van der Waals surface area contributed by atoms with E-state index in [1.165, 1.54) is 4.90 Å². The number of aryl methyl sites for hydroxylation is 2. The minimum Gasteiger partial charge on any atom is -0.494 e. The van der Waals surface area contributed by atoms with Gasteiger partial charge in [-0.2, -0.15) is 0 Å². The number of nitrogens with zero attached hydrogens (tertiary/aromatic N) is 2. The molecule has 0 bridgehead atoms. The number of benzene rings is 2. The fraction of sp³-hybridized carbons (Fsp3) is 0.231. The Kier molecular flexibility index (Phi) is 6.24. The van der Waals surface area contributed by atoms with Crippen molar-refractivity contribution in [1.82, 2.24) is 9.47 Å². The number of ether oxygens (including phenoxy) is 1. The summed E-state index contributed by atoms with van der Waals surface area (Å²) in [5.74, 6) is 0.591. The fourth-order valence-electron chi connectivity index (χ4n) is 3.96. The molecule has 0 radical (unpaired) electrons. The molecule has 32 heavy (non-hydrogen) atoms. The molecule has 1 saturated heterocycles. The third kappa shape index (κ3) is 4.36. The third-order valence-electron chi connectivity index (χ3n) is 5.46. The second kappa shape index (κ2) is 9.09. The van der Waals surface area contributed by atoms with Crippen LogP contribution in [-0.2, 0) is 11.3 Å². The summed E-state index contributed by atoms with van der Waals surface area (Å²) in [6.45, 7) is 8.93. The first kappa shape index (κ1) is 22.0. The van der Waals surface area contributed by atoms with E-state index in [1.807, 2.05) is 88.4 Å². The quantitative estimate of drug-likeness (QED) is 0.433. The first-order valence-corrected chi connectivity index (χ1v) is 11.4. The highest BCUT2D eigenvalue weighted by Gasteiger charge is 2.35. The molecule has 1 aliphatic heterocycles. The monoisotopic (exact) mass is 446 g/mol. The van der Waals surface area contributed by atoms with Crippen molar-refractivity contribution in [2.45, 2.75) is 34.2 Å². The fourth-order valence-corrected chi connectivity index (χ4v) is 4.79. The van der Waals surface area contributed by atoms with Gasteiger partial charge in [0.15, 0.2) is 0 Å². The van der Waals surface area contributed by atoms with Crippen molar-refractivity contribution < 1.29 is 14.3 Å². The summed E-state index contributed by atoms with van der Waals surface area (Å²) in [7, 11) is 0. The Labute approximate surface area is 192 Å². The highest BCUT2D eigenvalue weighted by atomic mass is 32.2. The molecule has 1 aromatic heterocycles. The average Bonchev–Trinajstić information content (AvgIpc) is 3.18. The van der Waals surface area contributed by atoms with Crippen molar-refractivity contribution in [3.8, 4) is 11.4 Å². The van der Waals surface area contributed by atoms with Crippen LogP contribution in [0.1, 0.15) is 35.0 Å². The van der Waals surface area contributed by atoms with Crippen molar-refractivity contribution in [1.29, 1.82) is 0 Å². The topological polar surface area (TPSA) is 51.5 Å². The van der Waals surface area contributed by atoms with E-state index in [1.54, 1.807) is 0 Å². The zero-order valence-corrected chi connectivity index (χ0v) is 19.5. The Hall–Kier alpha value is -3.25. The number of rotatable bonds is 6. The minimum absolute atomic E-state index is 0.233. The van der Waals surface area contributed by atoms with E-state index in [0.29, 0.717) is 11.5 Å². The van der Waals surface area contributed by atoms with Gasteiger partial charge in [-0.05, 0) is 87.0 Å². The van der Waals surface area contributed by atoms with Gasteiger partial charge in [0.2, 0.25) is 0 Å². The van der Waals surface area contributed by atoms with E-state index >= 15 is 0 Å². The molecule has 0 N–H and O–H groups in total. The van der Waals surface area contributed by atoms with E-state index in [-0.39, 0.29) is 17.7 Å². The summed E-state index contributed by atoms with van der Waals surface area (Å²) in [5.41, 5.74) is 6.07. The molecule has 4 rings (SSSR count). The Bertz CT molecular complexity index is 1210. The number of hydrogen-bond donors (Lipinski definition) is 0. The molecule has 5 nitrogen and oxygen atoms in total. The van der Waals surface area contributed by atoms with E-state index < -0.39 is 0 Å². The lowest BCUT2D eigenvalue weighted by Crippen LogP contribution is -2.27. The highest BCUT2D eigenvalue weighted by molar-refractivity contribution is 8.18. The first-order chi connectivity index (χ1) is 15.4. The van der Waals surface area contributed by atoms with Crippen LogP contribution in [-0.4, -0.2) is 27.2 Å². The Morgan fingerprint density at radius 2 is 1.75 bits per heavy atom. The molecular weight excluding hydrogens is 420 g/mol. The maximum Gasteiger partial charge on any atom is 0.293 e. The van der Waals surface area contributed by atoms with E-state index in [9.17, 15) is 9.59 Å². The lowest BCUT2D eigenvalue weighted by molar-refractivity contribution is -0.123. The van der Waals surface area contributed by atoms with Gasteiger partial charge in [-0.1, -0.05) is 29.8 Å². The van der Waals surface area contributed by atoms with Gasteiger partial charge in [-0.15, -0.1) is 0 Å². The SMILES string of the molecule is CCOc1ccc(-n2c(C)cc(/C=C3\SC(=O)N(Cc4cccc(C)c4)C3=O)c2C)cc1. The Balaban J connectivity index is 1.59. The lowest BCUT2D eigenvalue weighted by Gasteiger charge is -2.12. The van der Waals surface area contributed by atoms with Crippen molar-refractivity contribution in [2.24, 2.45) is 0 Å². The molecule has 6 heteroatoms. The van der Waals surface area contributed by atoms with Crippen LogP contribution in [0.5, 0.6) is 5.75 Å². The minimum atomic E-state index is -0.243. The maximum absolute atomic E-state index is 13.0. The molecule has 2 heterocycles. The molecule has 164 valence electrons. The molecule has 2 aromatic carbocycles. The van der Waals surface area contributed by atoms with Crippen LogP contribution in [0, 0.1) is 20.8 Å². The van der Waals surface area contributed by atoms with Crippen LogP contribution in [0.25, 0.3) is 11.8 Å². The first-order valence-electron chi connectivity index (χ1n) is 10.6. The van der Waals surface area contributed by atoms with E-state index in [2.05, 4.69) is 4.57 Å². The molecule has 3 aromatic rings. The van der Waals surface area contributed by atoms with Crippen LogP contribution in [0.2, 0.25) is 0 Å². The van der Waals surface area contributed by atoms with Crippen LogP contribution in [0.15, 0.2) is 59.5 Å². The van der Waals surface area contributed by atoms with Gasteiger partial charge in [0.05, 0.1) is 18.1 Å². The molecule has 2 amide bonds. The molecule has 0 atom stereocenters. The van der Waals surface area contributed by atoms with Gasteiger partial charge in [0, 0.05) is 17.1 Å². The molecule has 1 aliphatic rings. The molecule has 0 saturated carbocycles. The van der Waals surface area contributed by atoms with Crippen LogP contribution >= 0.6 is 11.8 Å². The van der Waals surface area contributed by atoms with Gasteiger partial charge in [0.25, 0.3) is 11.1 Å². The zero-order chi connectivity index (χ0) is 22.8. The van der Waals surface area contributed by atoms with Crippen LogP contribution in [0.4, 0.5) is 4.79 Å². The number of aromatic nitrogens is 1. The standard InChI is InChI=1S/C26H26N2O3S/c1-5-31-23-11-9-22(10-12-23)28-18(3)14-21(19(28)4)15-24-25(29)27(26(30)32-24)16-20-8-6-7-17(2)13-20/h6-15H,5,16H2,1-4H3/b24-15-. The Morgan fingerprint density at radius 1 is 1.00 bits per heavy atom. The summed E-state index contributed by atoms with van der Waals surface area (Å²) in [4.78, 5) is 27.3. The van der Waals surface area contributed by atoms with Crippen LogP contribution < -0.4 is 4.74 Å². The maximum atomic E-state index is 13.0. The molecule has 0 spiro atoms. The second-order valence-electron chi connectivity index (χ2n) is 7.85. The number of carbonyl (C=O) groups is 2. The molecule has 1 fully saturated rings. The molecule has 0 aliphatic carbocycles. The molecule has 0 unspecified atom stereocenters. The highest BCUT2D eigenvalue weighted by Crippen LogP contribution is 2.34. The number of amides is 2. The van der Waals surface area contributed by atoms with E-state index in [0.717, 1.165) is 51.3 Å². The van der Waals surface area contributed by atoms with E-state index in [4.69, 9.17) is 4.74 Å². The average molecular weight is 447 g/mol. The smallest absolute Gasteiger partial charge is 0.293 e. The largest absolute Gasteiger partial charge is 0.494 e.